The molecule has 1 N–H and O–H groups in total. The van der Waals surface area contributed by atoms with Crippen LogP contribution in [0.3, 0.4) is 0 Å². The van der Waals surface area contributed by atoms with Crippen LogP contribution in [0.1, 0.15) is 78.6 Å². The van der Waals surface area contributed by atoms with Crippen LogP contribution < -0.4 is 0 Å². The van der Waals surface area contributed by atoms with Gasteiger partial charge in [-0.25, -0.2) is 0 Å². The van der Waals surface area contributed by atoms with Crippen molar-refractivity contribution in [2.75, 3.05) is 6.61 Å². The summed E-state index contributed by atoms with van der Waals surface area (Å²) in [4.78, 5) is 11.9. The van der Waals surface area contributed by atoms with Crippen LogP contribution in [0.5, 0.6) is 0 Å². The molecule has 2 heteroatoms. The standard InChI is InChI=1S/C23H36O2/c1-15(10-13-24)19-6-7-20-18-5-4-16-14-17(25)8-11-22(16,2)21(18)9-12-23(19,20)3/h14-15,18-21,24H,4-13H2,1-3H3/t15?,18-,19+,20-,21-,22-,23+/m0/s1. The summed E-state index contributed by atoms with van der Waals surface area (Å²) in [6.07, 6.45) is 12.8. The molecule has 2 nitrogen and oxygen atoms in total. The molecule has 3 fully saturated rings. The molecule has 0 aromatic carbocycles. The highest BCUT2D eigenvalue weighted by molar-refractivity contribution is 5.91. The van der Waals surface area contributed by atoms with Crippen LogP contribution in [0.2, 0.25) is 0 Å². The van der Waals surface area contributed by atoms with E-state index in [1.54, 1.807) is 0 Å². The minimum atomic E-state index is 0.299. The quantitative estimate of drug-likeness (QED) is 0.768. The Morgan fingerprint density at radius 2 is 1.92 bits per heavy atom. The third kappa shape index (κ3) is 2.58. The average Bonchev–Trinajstić information content (AvgIpc) is 2.93. The van der Waals surface area contributed by atoms with Crippen LogP contribution in [0, 0.1) is 40.4 Å². The molecule has 0 heterocycles. The van der Waals surface area contributed by atoms with Crippen molar-refractivity contribution in [1.29, 1.82) is 0 Å². The van der Waals surface area contributed by atoms with Crippen molar-refractivity contribution in [3.8, 4) is 0 Å². The highest BCUT2D eigenvalue weighted by atomic mass is 16.3. The molecule has 3 saturated carbocycles. The van der Waals surface area contributed by atoms with Crippen molar-refractivity contribution in [3.63, 3.8) is 0 Å². The van der Waals surface area contributed by atoms with Crippen molar-refractivity contribution in [2.24, 2.45) is 40.4 Å². The lowest BCUT2D eigenvalue weighted by atomic mass is 9.46. The second kappa shape index (κ2) is 6.22. The molecule has 0 aliphatic heterocycles. The van der Waals surface area contributed by atoms with Crippen molar-refractivity contribution >= 4 is 5.78 Å². The van der Waals surface area contributed by atoms with Gasteiger partial charge < -0.3 is 5.11 Å². The summed E-state index contributed by atoms with van der Waals surface area (Å²) in [5, 5.41) is 9.42. The van der Waals surface area contributed by atoms with Gasteiger partial charge in [-0.05, 0) is 97.9 Å². The van der Waals surface area contributed by atoms with Crippen LogP contribution in [0.25, 0.3) is 0 Å². The van der Waals surface area contributed by atoms with E-state index >= 15 is 0 Å². The first kappa shape index (κ1) is 17.8. The number of aliphatic hydroxyl groups is 1. The van der Waals surface area contributed by atoms with Gasteiger partial charge in [-0.1, -0.05) is 26.3 Å². The maximum absolute atomic E-state index is 11.9. The van der Waals surface area contributed by atoms with E-state index in [0.717, 1.165) is 49.4 Å². The number of aliphatic hydroxyl groups excluding tert-OH is 1. The minimum Gasteiger partial charge on any atom is -0.396 e. The monoisotopic (exact) mass is 344 g/mol. The minimum absolute atomic E-state index is 0.299. The second-order valence-corrected chi connectivity index (χ2v) is 10.2. The van der Waals surface area contributed by atoms with Gasteiger partial charge in [0, 0.05) is 13.0 Å². The molecule has 0 aromatic heterocycles. The van der Waals surface area contributed by atoms with Crippen LogP contribution in [0.4, 0.5) is 0 Å². The summed E-state index contributed by atoms with van der Waals surface area (Å²) in [6.45, 7) is 7.77. The highest BCUT2D eigenvalue weighted by Gasteiger charge is 2.59. The third-order valence-electron chi connectivity index (χ3n) is 9.31. The molecule has 0 bridgehead atoms. The van der Waals surface area contributed by atoms with E-state index in [0.29, 0.717) is 29.1 Å². The molecule has 0 spiro atoms. The van der Waals surface area contributed by atoms with Crippen LogP contribution >= 0.6 is 0 Å². The summed E-state index contributed by atoms with van der Waals surface area (Å²) in [5.41, 5.74) is 2.27. The van der Waals surface area contributed by atoms with Crippen molar-refractivity contribution < 1.29 is 9.90 Å². The van der Waals surface area contributed by atoms with Crippen molar-refractivity contribution in [3.05, 3.63) is 11.6 Å². The summed E-state index contributed by atoms with van der Waals surface area (Å²) < 4.78 is 0. The van der Waals surface area contributed by atoms with Gasteiger partial charge in [0.1, 0.15) is 0 Å². The number of fused-ring (bicyclic) bond motifs is 5. The molecule has 1 unspecified atom stereocenters. The van der Waals surface area contributed by atoms with Crippen molar-refractivity contribution in [1.82, 2.24) is 0 Å². The highest BCUT2D eigenvalue weighted by Crippen LogP contribution is 2.67. The van der Waals surface area contributed by atoms with Gasteiger partial charge in [-0.2, -0.15) is 0 Å². The van der Waals surface area contributed by atoms with E-state index in [-0.39, 0.29) is 0 Å². The predicted molar refractivity (Wildman–Crippen MR) is 101 cm³/mol. The Bertz CT molecular complexity index is 579. The number of rotatable bonds is 3. The molecule has 7 atom stereocenters. The van der Waals surface area contributed by atoms with Gasteiger partial charge in [0.05, 0.1) is 0 Å². The van der Waals surface area contributed by atoms with Gasteiger partial charge in [-0.15, -0.1) is 0 Å². The molecule has 0 radical (unpaired) electrons. The van der Waals surface area contributed by atoms with Gasteiger partial charge in [0.25, 0.3) is 0 Å². The van der Waals surface area contributed by atoms with E-state index in [2.05, 4.69) is 20.8 Å². The van der Waals surface area contributed by atoms with Crippen LogP contribution in [0.15, 0.2) is 11.6 Å². The Morgan fingerprint density at radius 1 is 1.12 bits per heavy atom. The van der Waals surface area contributed by atoms with Crippen LogP contribution in [-0.2, 0) is 4.79 Å². The molecule has 4 aliphatic carbocycles. The number of hydrogen-bond acceptors (Lipinski definition) is 2. The molecular weight excluding hydrogens is 308 g/mol. The zero-order valence-corrected chi connectivity index (χ0v) is 16.4. The predicted octanol–water partition coefficient (Wildman–Crippen LogP) is 5.15. The van der Waals surface area contributed by atoms with E-state index in [1.165, 1.54) is 37.7 Å². The van der Waals surface area contributed by atoms with Crippen molar-refractivity contribution in [2.45, 2.75) is 78.6 Å². The first-order valence-corrected chi connectivity index (χ1v) is 10.7. The summed E-state index contributed by atoms with van der Waals surface area (Å²) >= 11 is 0. The van der Waals surface area contributed by atoms with Gasteiger partial charge >= 0.3 is 0 Å². The molecule has 140 valence electrons. The maximum atomic E-state index is 11.9. The lowest BCUT2D eigenvalue weighted by molar-refractivity contribution is -0.117. The number of carbonyl (C=O) groups is 1. The average molecular weight is 345 g/mol. The molecule has 0 saturated heterocycles. The molecule has 0 aromatic rings. The molecule has 4 aliphatic rings. The number of carbonyl (C=O) groups excluding carboxylic acids is 1. The Morgan fingerprint density at radius 3 is 2.68 bits per heavy atom. The van der Waals surface area contributed by atoms with Gasteiger partial charge in [-0.3, -0.25) is 4.79 Å². The summed E-state index contributed by atoms with van der Waals surface area (Å²) in [7, 11) is 0. The van der Waals surface area contributed by atoms with E-state index in [4.69, 9.17) is 0 Å². The first-order valence-electron chi connectivity index (χ1n) is 10.7. The largest absolute Gasteiger partial charge is 0.396 e. The molecule has 4 rings (SSSR count). The van der Waals surface area contributed by atoms with E-state index < -0.39 is 0 Å². The lowest BCUT2D eigenvalue weighted by Gasteiger charge is -2.58. The van der Waals surface area contributed by atoms with E-state index in [9.17, 15) is 9.90 Å². The SMILES string of the molecule is CC(CCO)[C@H]1CC[C@H]2[C@@H]3CCC4=CC(=O)CC[C@]4(C)[C@H]3CC[C@]12C. The zero-order valence-electron chi connectivity index (χ0n) is 16.4. The number of allylic oxidation sites excluding steroid dienone is 1. The topological polar surface area (TPSA) is 37.3 Å². The lowest BCUT2D eigenvalue weighted by Crippen LogP contribution is -2.51. The number of ketones is 1. The first-order chi connectivity index (χ1) is 11.9. The summed E-state index contributed by atoms with van der Waals surface area (Å²) in [6, 6.07) is 0. The molecule has 0 amide bonds. The maximum Gasteiger partial charge on any atom is 0.155 e. The Hall–Kier alpha value is -0.630. The fraction of sp³-hybridized carbons (Fsp3) is 0.870. The molecule has 25 heavy (non-hydrogen) atoms. The Balaban J connectivity index is 1.60. The summed E-state index contributed by atoms with van der Waals surface area (Å²) in [5.74, 6) is 4.34. The normalized spacial score (nSPS) is 47.5. The third-order valence-corrected chi connectivity index (χ3v) is 9.31. The fourth-order valence-electron chi connectivity index (χ4n) is 7.94. The number of hydrogen-bond donors (Lipinski definition) is 1. The van der Waals surface area contributed by atoms with Gasteiger partial charge in [0.15, 0.2) is 5.78 Å². The Labute approximate surface area is 153 Å². The van der Waals surface area contributed by atoms with Crippen LogP contribution in [-0.4, -0.2) is 17.5 Å². The smallest absolute Gasteiger partial charge is 0.155 e. The Kier molecular flexibility index (Phi) is 4.42. The second-order valence-electron chi connectivity index (χ2n) is 10.2. The fourth-order valence-corrected chi connectivity index (χ4v) is 7.94. The zero-order chi connectivity index (χ0) is 17.8. The van der Waals surface area contributed by atoms with Gasteiger partial charge in [0.2, 0.25) is 0 Å². The molecular formula is C23H36O2. The van der Waals surface area contributed by atoms with E-state index in [1.807, 2.05) is 6.08 Å².